The van der Waals surface area contributed by atoms with Crippen LogP contribution in [0.4, 0.5) is 0 Å². The lowest BCUT2D eigenvalue weighted by molar-refractivity contribution is -0.116. The first-order valence-electron chi connectivity index (χ1n) is 13.4. The summed E-state index contributed by atoms with van der Waals surface area (Å²) in [5.41, 5.74) is 2.47. The molecule has 0 fully saturated rings. The third kappa shape index (κ3) is 6.18. The zero-order valence-corrected chi connectivity index (χ0v) is 27.2. The first kappa shape index (κ1) is 28.7. The molecule has 0 amide bonds. The van der Waals surface area contributed by atoms with Crippen molar-refractivity contribution in [3.8, 4) is 49.7 Å². The second-order valence-electron chi connectivity index (χ2n) is 9.57. The van der Waals surface area contributed by atoms with Crippen molar-refractivity contribution in [1.29, 1.82) is 0 Å². The number of nitrogens with zero attached hydrogens (tertiary/aromatic N) is 2. The second-order valence-corrected chi connectivity index (χ2v) is 15.0. The first-order chi connectivity index (χ1) is 20.5. The van der Waals surface area contributed by atoms with Crippen LogP contribution in [0.25, 0.3) is 49.7 Å². The Morgan fingerprint density at radius 2 is 1.52 bits per heavy atom. The summed E-state index contributed by atoms with van der Waals surface area (Å²) in [5.74, 6) is 1.06. The highest BCUT2D eigenvalue weighted by molar-refractivity contribution is 7.30. The predicted molar refractivity (Wildman–Crippen MR) is 184 cm³/mol. The smallest absolute Gasteiger partial charge is 0.147 e. The van der Waals surface area contributed by atoms with E-state index < -0.39 is 0 Å². The third-order valence-corrected chi connectivity index (χ3v) is 12.9. The molecule has 10 heteroatoms. The van der Waals surface area contributed by atoms with E-state index in [4.69, 9.17) is 0 Å². The van der Waals surface area contributed by atoms with Gasteiger partial charge in [-0.2, -0.15) is 0 Å². The number of Topliss-reactive ketones (excluding diaryl/α,β-unsaturated/α-hetero) is 1. The van der Waals surface area contributed by atoms with E-state index in [-0.39, 0.29) is 5.78 Å². The molecule has 5 nitrogen and oxygen atoms in total. The summed E-state index contributed by atoms with van der Waals surface area (Å²) in [5, 5.41) is 3.25. The summed E-state index contributed by atoms with van der Waals surface area (Å²) in [7, 11) is 0. The van der Waals surface area contributed by atoms with Gasteiger partial charge in [0.25, 0.3) is 0 Å². The van der Waals surface area contributed by atoms with Gasteiger partial charge in [-0.05, 0) is 79.7 Å². The summed E-state index contributed by atoms with van der Waals surface area (Å²) in [6.07, 6.45) is 8.51. The maximum atomic E-state index is 12.2. The minimum atomic E-state index is 0.176. The van der Waals surface area contributed by atoms with Crippen LogP contribution in [-0.4, -0.2) is 22.5 Å². The van der Waals surface area contributed by atoms with Gasteiger partial charge in [0, 0.05) is 81.7 Å². The summed E-state index contributed by atoms with van der Waals surface area (Å²) in [6.45, 7) is 8.12. The van der Waals surface area contributed by atoms with Crippen molar-refractivity contribution in [2.75, 3.05) is 0 Å². The minimum absolute atomic E-state index is 0.176. The fourth-order valence-corrected chi connectivity index (χ4v) is 10.4. The molecule has 6 aromatic rings. The Kier molecular flexibility index (Phi) is 8.78. The number of ketones is 1. The number of aromatic amines is 1. The molecule has 6 heterocycles. The van der Waals surface area contributed by atoms with Crippen LogP contribution in [0, 0.1) is 0 Å². The van der Waals surface area contributed by atoms with Gasteiger partial charge in [0.05, 0.1) is 4.88 Å². The van der Waals surface area contributed by atoms with Gasteiger partial charge in [-0.15, -0.1) is 56.7 Å². The molecule has 0 spiro atoms. The van der Waals surface area contributed by atoms with Gasteiger partial charge in [0.1, 0.15) is 11.6 Å². The van der Waals surface area contributed by atoms with Crippen LogP contribution in [0.15, 0.2) is 78.3 Å². The fourth-order valence-electron chi connectivity index (χ4n) is 4.63. The SMILES string of the molecule is C=N/C=C\NCc1ccc(-c2cc(CC)c(-c3ccc(-c4sc(-c5ccc(-c6ncc[nH]6)s5)cc4CC(C)=O)s3)s2)s1. The standard InChI is InChI=1S/C32H28N4OS5/c1-4-20-16-28(23-6-5-22(38-23)18-34-12-11-33-3)41-30(20)25-8-9-26(40-25)31-21(15-19(2)37)17-29(42-31)24-7-10-27(39-24)32-35-13-14-36-32/h5-14,16-17,34H,3-4,15,18H2,1-2H3,(H,35,36)/b12-11-. The van der Waals surface area contributed by atoms with Crippen molar-refractivity contribution in [1.82, 2.24) is 15.3 Å². The van der Waals surface area contributed by atoms with E-state index in [1.807, 2.05) is 46.4 Å². The number of hydrogen-bond acceptors (Lipinski definition) is 9. The fraction of sp³-hybridized carbons (Fsp3) is 0.156. The lowest BCUT2D eigenvalue weighted by Gasteiger charge is -1.99. The van der Waals surface area contributed by atoms with Crippen molar-refractivity contribution in [3.05, 3.63) is 89.3 Å². The number of rotatable bonds is 12. The largest absolute Gasteiger partial charge is 0.385 e. The van der Waals surface area contributed by atoms with Crippen LogP contribution in [0.2, 0.25) is 0 Å². The number of aromatic nitrogens is 2. The van der Waals surface area contributed by atoms with Crippen LogP contribution in [-0.2, 0) is 24.2 Å². The molecule has 0 saturated heterocycles. The number of nitrogens with one attached hydrogen (secondary N) is 2. The van der Waals surface area contributed by atoms with Gasteiger partial charge >= 0.3 is 0 Å². The maximum absolute atomic E-state index is 12.2. The first-order valence-corrected chi connectivity index (χ1v) is 17.5. The number of aliphatic imine (C=N–C) groups is 1. The van der Waals surface area contributed by atoms with Crippen LogP contribution < -0.4 is 5.32 Å². The van der Waals surface area contributed by atoms with E-state index in [2.05, 4.69) is 82.4 Å². The normalized spacial score (nSPS) is 11.5. The average molecular weight is 645 g/mol. The van der Waals surface area contributed by atoms with E-state index >= 15 is 0 Å². The van der Waals surface area contributed by atoms with Crippen LogP contribution in [0.3, 0.4) is 0 Å². The molecule has 0 aliphatic rings. The van der Waals surface area contributed by atoms with Gasteiger partial charge in [-0.25, -0.2) is 4.98 Å². The topological polar surface area (TPSA) is 70.1 Å². The Morgan fingerprint density at radius 1 is 0.881 bits per heavy atom. The quantitative estimate of drug-likeness (QED) is 0.130. The molecule has 0 atom stereocenters. The van der Waals surface area contributed by atoms with E-state index in [9.17, 15) is 4.79 Å². The number of carbonyl (C=O) groups excluding carboxylic acids is 1. The number of hydrogen-bond donors (Lipinski definition) is 2. The number of carbonyl (C=O) groups is 1. The van der Waals surface area contributed by atoms with Gasteiger partial charge in [0.15, 0.2) is 0 Å². The molecular weight excluding hydrogens is 617 g/mol. The van der Waals surface area contributed by atoms with Crippen LogP contribution in [0.5, 0.6) is 0 Å². The van der Waals surface area contributed by atoms with Crippen LogP contribution >= 0.6 is 56.7 Å². The van der Waals surface area contributed by atoms with Crippen molar-refractivity contribution in [2.45, 2.75) is 33.2 Å². The highest BCUT2D eigenvalue weighted by atomic mass is 32.1. The van der Waals surface area contributed by atoms with E-state index in [1.165, 1.54) is 49.5 Å². The molecule has 0 saturated carbocycles. The zero-order valence-electron chi connectivity index (χ0n) is 23.1. The van der Waals surface area contributed by atoms with Gasteiger partial charge < -0.3 is 10.3 Å². The number of H-pyrrole nitrogens is 1. The van der Waals surface area contributed by atoms with E-state index in [0.29, 0.717) is 6.42 Å². The second kappa shape index (κ2) is 12.8. The maximum Gasteiger partial charge on any atom is 0.147 e. The Hall–Kier alpha value is -3.41. The number of aryl methyl sites for hydroxylation is 1. The lowest BCUT2D eigenvalue weighted by atomic mass is 10.1. The molecule has 0 aromatic carbocycles. The zero-order chi connectivity index (χ0) is 29.1. The molecule has 0 radical (unpaired) electrons. The van der Waals surface area contributed by atoms with Crippen molar-refractivity contribution in [3.63, 3.8) is 0 Å². The molecule has 6 aromatic heterocycles. The molecule has 2 N–H and O–H groups in total. The Balaban J connectivity index is 1.29. The monoisotopic (exact) mass is 644 g/mol. The molecule has 0 unspecified atom stereocenters. The highest BCUT2D eigenvalue weighted by Gasteiger charge is 2.20. The summed E-state index contributed by atoms with van der Waals surface area (Å²) in [4.78, 5) is 35.9. The number of thiophene rings is 5. The van der Waals surface area contributed by atoms with E-state index in [0.717, 1.165) is 29.2 Å². The Morgan fingerprint density at radius 3 is 2.21 bits per heavy atom. The summed E-state index contributed by atoms with van der Waals surface area (Å²) < 4.78 is 0. The summed E-state index contributed by atoms with van der Waals surface area (Å²) in [6, 6.07) is 17.7. The highest BCUT2D eigenvalue weighted by Crippen LogP contribution is 2.48. The number of imidazole rings is 1. The third-order valence-electron chi connectivity index (χ3n) is 6.55. The van der Waals surface area contributed by atoms with Crippen LogP contribution in [0.1, 0.15) is 29.9 Å². The minimum Gasteiger partial charge on any atom is -0.385 e. The molecule has 0 aliphatic carbocycles. The Bertz CT molecular complexity index is 1860. The van der Waals surface area contributed by atoms with E-state index in [1.54, 1.807) is 42.0 Å². The van der Waals surface area contributed by atoms with Gasteiger partial charge in [-0.3, -0.25) is 9.79 Å². The van der Waals surface area contributed by atoms with Crippen molar-refractivity contribution >= 4 is 69.2 Å². The van der Waals surface area contributed by atoms with Crippen molar-refractivity contribution in [2.24, 2.45) is 4.99 Å². The molecule has 6 rings (SSSR count). The van der Waals surface area contributed by atoms with Gasteiger partial charge in [0.2, 0.25) is 0 Å². The Labute approximate surface area is 265 Å². The molecule has 42 heavy (non-hydrogen) atoms. The molecule has 0 bridgehead atoms. The lowest BCUT2D eigenvalue weighted by Crippen LogP contribution is -2.01. The predicted octanol–water partition coefficient (Wildman–Crippen LogP) is 10.0. The molecule has 212 valence electrons. The summed E-state index contributed by atoms with van der Waals surface area (Å²) >= 11 is 9.00. The molecular formula is C32H28N4OS5. The van der Waals surface area contributed by atoms with Gasteiger partial charge in [-0.1, -0.05) is 6.92 Å². The molecule has 0 aliphatic heterocycles. The van der Waals surface area contributed by atoms with Crippen molar-refractivity contribution < 1.29 is 4.79 Å². The average Bonchev–Trinajstić information content (AvgIpc) is 3.81.